The molecule has 1 fully saturated rings. The average Bonchev–Trinajstić information content (AvgIpc) is 2.18. The lowest BCUT2D eigenvalue weighted by molar-refractivity contribution is -0.128. The highest BCUT2D eigenvalue weighted by Crippen LogP contribution is 2.28. The van der Waals surface area contributed by atoms with Crippen LogP contribution in [0.3, 0.4) is 0 Å². The summed E-state index contributed by atoms with van der Waals surface area (Å²) in [5.74, 6) is -0.182. The van der Waals surface area contributed by atoms with Crippen LogP contribution in [0.25, 0.3) is 0 Å². The van der Waals surface area contributed by atoms with E-state index >= 15 is 0 Å². The fourth-order valence-electron chi connectivity index (χ4n) is 1.95. The average molecular weight is 214 g/mol. The minimum absolute atomic E-state index is 0.00875. The van der Waals surface area contributed by atoms with Gasteiger partial charge in [-0.05, 0) is 26.7 Å². The van der Waals surface area contributed by atoms with Crippen molar-refractivity contribution in [2.24, 2.45) is 5.73 Å². The lowest BCUT2D eigenvalue weighted by Gasteiger charge is -2.38. The van der Waals surface area contributed by atoms with Crippen LogP contribution in [0.15, 0.2) is 0 Å². The van der Waals surface area contributed by atoms with E-state index < -0.39 is 11.1 Å². The summed E-state index contributed by atoms with van der Waals surface area (Å²) in [5.41, 5.74) is 4.42. The van der Waals surface area contributed by atoms with Gasteiger partial charge in [0.05, 0.1) is 17.7 Å². The molecule has 1 aliphatic carbocycles. The van der Waals surface area contributed by atoms with Gasteiger partial charge in [0.1, 0.15) is 0 Å². The molecule has 1 aliphatic rings. The van der Waals surface area contributed by atoms with Crippen LogP contribution in [-0.2, 0) is 4.79 Å². The van der Waals surface area contributed by atoms with Crippen molar-refractivity contribution in [2.45, 2.75) is 57.0 Å². The SMILES string of the molecule is CC(C)(N)C(=O)NC1(CO)CCCCC1. The van der Waals surface area contributed by atoms with Gasteiger partial charge in [-0.25, -0.2) is 0 Å². The van der Waals surface area contributed by atoms with Crippen molar-refractivity contribution in [1.29, 1.82) is 0 Å². The molecule has 0 bridgehead atoms. The number of aliphatic hydroxyl groups is 1. The minimum atomic E-state index is -0.875. The van der Waals surface area contributed by atoms with Crippen molar-refractivity contribution in [3.8, 4) is 0 Å². The van der Waals surface area contributed by atoms with Crippen molar-refractivity contribution in [3.05, 3.63) is 0 Å². The molecule has 0 saturated heterocycles. The molecule has 0 spiro atoms. The van der Waals surface area contributed by atoms with E-state index in [1.165, 1.54) is 6.42 Å². The first-order valence-electron chi connectivity index (χ1n) is 5.62. The predicted molar refractivity (Wildman–Crippen MR) is 59.3 cm³/mol. The van der Waals surface area contributed by atoms with E-state index in [1.807, 2.05) is 0 Å². The Bertz CT molecular complexity index is 227. The molecule has 1 rings (SSSR count). The molecule has 4 heteroatoms. The van der Waals surface area contributed by atoms with Crippen molar-refractivity contribution in [3.63, 3.8) is 0 Å². The van der Waals surface area contributed by atoms with Crippen LogP contribution in [0.5, 0.6) is 0 Å². The maximum atomic E-state index is 11.7. The molecule has 88 valence electrons. The Labute approximate surface area is 91.2 Å². The second kappa shape index (κ2) is 4.49. The largest absolute Gasteiger partial charge is 0.394 e. The number of hydrogen-bond acceptors (Lipinski definition) is 3. The number of hydrogen-bond donors (Lipinski definition) is 3. The van der Waals surface area contributed by atoms with Crippen molar-refractivity contribution < 1.29 is 9.90 Å². The van der Waals surface area contributed by atoms with Crippen LogP contribution in [0.4, 0.5) is 0 Å². The summed E-state index contributed by atoms with van der Waals surface area (Å²) in [6.45, 7) is 3.36. The molecule has 0 atom stereocenters. The van der Waals surface area contributed by atoms with Gasteiger partial charge in [-0.3, -0.25) is 4.79 Å². The van der Waals surface area contributed by atoms with Gasteiger partial charge in [-0.1, -0.05) is 19.3 Å². The first-order valence-corrected chi connectivity index (χ1v) is 5.62. The Hall–Kier alpha value is -0.610. The lowest BCUT2D eigenvalue weighted by atomic mass is 9.81. The van der Waals surface area contributed by atoms with Gasteiger partial charge < -0.3 is 16.2 Å². The first kappa shape index (κ1) is 12.5. The summed E-state index contributed by atoms with van der Waals surface area (Å²) in [4.78, 5) is 11.7. The number of rotatable bonds is 3. The Kier molecular flexibility index (Phi) is 3.73. The zero-order chi connectivity index (χ0) is 11.5. The number of aliphatic hydroxyl groups excluding tert-OH is 1. The molecule has 15 heavy (non-hydrogen) atoms. The Morgan fingerprint density at radius 3 is 2.33 bits per heavy atom. The summed E-state index contributed by atoms with van der Waals surface area (Å²) >= 11 is 0. The third kappa shape index (κ3) is 3.18. The maximum absolute atomic E-state index is 11.7. The summed E-state index contributed by atoms with van der Waals surface area (Å²) in [6.07, 6.45) is 5.01. The summed E-state index contributed by atoms with van der Waals surface area (Å²) in [6, 6.07) is 0. The monoisotopic (exact) mass is 214 g/mol. The van der Waals surface area contributed by atoms with E-state index in [1.54, 1.807) is 13.8 Å². The standard InChI is InChI=1S/C11H22N2O2/c1-10(2,12)9(15)13-11(8-14)6-4-3-5-7-11/h14H,3-8,12H2,1-2H3,(H,13,15). The highest BCUT2D eigenvalue weighted by Gasteiger charge is 2.35. The third-order valence-corrected chi connectivity index (χ3v) is 3.08. The minimum Gasteiger partial charge on any atom is -0.394 e. The predicted octanol–water partition coefficient (Wildman–Crippen LogP) is 0.535. The highest BCUT2D eigenvalue weighted by molar-refractivity contribution is 5.85. The van der Waals surface area contributed by atoms with Gasteiger partial charge in [0, 0.05) is 0 Å². The van der Waals surface area contributed by atoms with Gasteiger partial charge >= 0.3 is 0 Å². The van der Waals surface area contributed by atoms with Gasteiger partial charge in [0.2, 0.25) is 5.91 Å². The molecule has 0 aromatic rings. The molecule has 0 heterocycles. The summed E-state index contributed by atoms with van der Waals surface area (Å²) < 4.78 is 0. The Morgan fingerprint density at radius 2 is 1.93 bits per heavy atom. The van der Waals surface area contributed by atoms with Crippen LogP contribution >= 0.6 is 0 Å². The van der Waals surface area contributed by atoms with E-state index in [4.69, 9.17) is 5.73 Å². The molecule has 0 aromatic carbocycles. The van der Waals surface area contributed by atoms with Gasteiger partial charge in [0.15, 0.2) is 0 Å². The smallest absolute Gasteiger partial charge is 0.240 e. The second-order valence-electron chi connectivity index (χ2n) is 5.17. The summed E-state index contributed by atoms with van der Waals surface area (Å²) in [5, 5.41) is 12.3. The van der Waals surface area contributed by atoms with Crippen LogP contribution < -0.4 is 11.1 Å². The van der Waals surface area contributed by atoms with E-state index in [2.05, 4.69) is 5.32 Å². The number of carbonyl (C=O) groups excluding carboxylic acids is 1. The van der Waals surface area contributed by atoms with Crippen molar-refractivity contribution in [2.75, 3.05) is 6.61 Å². The molecule has 4 nitrogen and oxygen atoms in total. The van der Waals surface area contributed by atoms with Crippen molar-refractivity contribution in [1.82, 2.24) is 5.32 Å². The van der Waals surface area contributed by atoms with Crippen molar-refractivity contribution >= 4 is 5.91 Å². The molecule has 4 N–H and O–H groups in total. The fraction of sp³-hybridized carbons (Fsp3) is 0.909. The van der Waals surface area contributed by atoms with Crippen LogP contribution in [0.1, 0.15) is 46.0 Å². The number of carbonyl (C=O) groups is 1. The van der Waals surface area contributed by atoms with E-state index in [0.29, 0.717) is 0 Å². The molecular formula is C11H22N2O2. The number of nitrogens with one attached hydrogen (secondary N) is 1. The van der Waals surface area contributed by atoms with Crippen LogP contribution in [0.2, 0.25) is 0 Å². The third-order valence-electron chi connectivity index (χ3n) is 3.08. The van der Waals surface area contributed by atoms with Crippen LogP contribution in [0, 0.1) is 0 Å². The molecule has 0 aromatic heterocycles. The van der Waals surface area contributed by atoms with Gasteiger partial charge in [-0.2, -0.15) is 0 Å². The normalized spacial score (nSPS) is 21.1. The highest BCUT2D eigenvalue weighted by atomic mass is 16.3. The first-order chi connectivity index (χ1) is 6.90. The van der Waals surface area contributed by atoms with Gasteiger partial charge in [0.25, 0.3) is 0 Å². The topological polar surface area (TPSA) is 75.4 Å². The number of nitrogens with two attached hydrogens (primary N) is 1. The fourth-order valence-corrected chi connectivity index (χ4v) is 1.95. The van der Waals surface area contributed by atoms with Gasteiger partial charge in [-0.15, -0.1) is 0 Å². The maximum Gasteiger partial charge on any atom is 0.240 e. The molecule has 1 amide bonds. The van der Waals surface area contributed by atoms with E-state index in [0.717, 1.165) is 25.7 Å². The second-order valence-corrected chi connectivity index (χ2v) is 5.17. The molecular weight excluding hydrogens is 192 g/mol. The van der Waals surface area contributed by atoms with E-state index in [-0.39, 0.29) is 12.5 Å². The zero-order valence-corrected chi connectivity index (χ0v) is 9.68. The Morgan fingerprint density at radius 1 is 1.40 bits per heavy atom. The lowest BCUT2D eigenvalue weighted by Crippen LogP contribution is -2.60. The quantitative estimate of drug-likeness (QED) is 0.641. The van der Waals surface area contributed by atoms with E-state index in [9.17, 15) is 9.90 Å². The Balaban J connectivity index is 2.63. The zero-order valence-electron chi connectivity index (χ0n) is 9.68. The van der Waals surface area contributed by atoms with Crippen LogP contribution in [-0.4, -0.2) is 28.7 Å². The summed E-state index contributed by atoms with van der Waals surface area (Å²) in [7, 11) is 0. The molecule has 1 saturated carbocycles. The molecule has 0 radical (unpaired) electrons. The molecule has 0 unspecified atom stereocenters. The number of amides is 1. The molecule has 0 aliphatic heterocycles.